The van der Waals surface area contributed by atoms with Gasteiger partial charge in [-0.2, -0.15) is 0 Å². The number of pyridine rings is 2. The van der Waals surface area contributed by atoms with E-state index >= 15 is 0 Å². The molecule has 0 radical (unpaired) electrons. The second-order valence-electron chi connectivity index (χ2n) is 7.78. The average Bonchev–Trinajstić information content (AvgIpc) is 2.84. The molecule has 0 unspecified atom stereocenters. The Kier molecular flexibility index (Phi) is 5.63. The van der Waals surface area contributed by atoms with Crippen molar-refractivity contribution in [2.45, 2.75) is 13.2 Å². The summed E-state index contributed by atoms with van der Waals surface area (Å²) >= 11 is 0. The van der Waals surface area contributed by atoms with Crippen LogP contribution in [0.1, 0.15) is 11.1 Å². The normalized spacial score (nSPS) is 11.3. The fourth-order valence-electron chi connectivity index (χ4n) is 4.17. The number of fused-ring (bicyclic) bond motifs is 3. The minimum absolute atomic E-state index is 0.546. The standard InChI is InChI=1S/C28H24N2O2/c1-31-17-21-7-3-5-9-23(21)25-15-13-19-11-12-20-14-16-26(30-28(20)27(19)29-25)24-10-6-4-8-22(24)18-32-2/h3-16H,17-18H2,1-2H3. The first kappa shape index (κ1) is 20.3. The van der Waals surface area contributed by atoms with Gasteiger partial charge in [-0.15, -0.1) is 0 Å². The SMILES string of the molecule is COCc1ccccc1-c1ccc2ccc3ccc(-c4ccccc4COC)nc3c2n1. The summed E-state index contributed by atoms with van der Waals surface area (Å²) in [6.45, 7) is 1.09. The van der Waals surface area contributed by atoms with E-state index in [4.69, 9.17) is 19.4 Å². The molecule has 3 aromatic carbocycles. The van der Waals surface area contributed by atoms with Crippen molar-refractivity contribution in [1.82, 2.24) is 9.97 Å². The number of benzene rings is 3. The molecule has 0 aliphatic carbocycles. The van der Waals surface area contributed by atoms with Gasteiger partial charge in [0, 0.05) is 36.1 Å². The number of ether oxygens (including phenoxy) is 2. The van der Waals surface area contributed by atoms with Gasteiger partial charge in [0.25, 0.3) is 0 Å². The summed E-state index contributed by atoms with van der Waals surface area (Å²) in [4.78, 5) is 10.1. The smallest absolute Gasteiger partial charge is 0.0972 e. The Morgan fingerprint density at radius 2 is 0.938 bits per heavy atom. The molecular weight excluding hydrogens is 396 g/mol. The lowest BCUT2D eigenvalue weighted by molar-refractivity contribution is 0.185. The number of methoxy groups -OCH3 is 2. The first-order valence-corrected chi connectivity index (χ1v) is 10.6. The number of aromatic nitrogens is 2. The Balaban J connectivity index is 1.71. The predicted octanol–water partition coefficient (Wildman–Crippen LogP) is 6.41. The molecule has 2 aromatic heterocycles. The van der Waals surface area contributed by atoms with Crippen molar-refractivity contribution in [1.29, 1.82) is 0 Å². The van der Waals surface area contributed by atoms with Crippen molar-refractivity contribution >= 4 is 21.8 Å². The molecule has 4 nitrogen and oxygen atoms in total. The molecule has 0 aliphatic heterocycles. The zero-order valence-corrected chi connectivity index (χ0v) is 18.2. The van der Waals surface area contributed by atoms with Gasteiger partial charge in [-0.25, -0.2) is 9.97 Å². The van der Waals surface area contributed by atoms with E-state index in [1.54, 1.807) is 14.2 Å². The molecular formula is C28H24N2O2. The summed E-state index contributed by atoms with van der Waals surface area (Å²) in [5, 5.41) is 2.14. The molecule has 32 heavy (non-hydrogen) atoms. The van der Waals surface area contributed by atoms with Crippen LogP contribution >= 0.6 is 0 Å². The quantitative estimate of drug-likeness (QED) is 0.298. The van der Waals surface area contributed by atoms with Crippen LogP contribution in [0.3, 0.4) is 0 Å². The van der Waals surface area contributed by atoms with Gasteiger partial charge >= 0.3 is 0 Å². The van der Waals surface area contributed by atoms with Crippen molar-refractivity contribution in [3.63, 3.8) is 0 Å². The Bertz CT molecular complexity index is 1300. The highest BCUT2D eigenvalue weighted by molar-refractivity contribution is 6.04. The minimum Gasteiger partial charge on any atom is -0.380 e. The van der Waals surface area contributed by atoms with Gasteiger partial charge in [0.15, 0.2) is 0 Å². The molecule has 0 saturated carbocycles. The summed E-state index contributed by atoms with van der Waals surface area (Å²) in [5.74, 6) is 0. The van der Waals surface area contributed by atoms with Crippen LogP contribution in [0.25, 0.3) is 44.3 Å². The van der Waals surface area contributed by atoms with Crippen LogP contribution in [-0.4, -0.2) is 24.2 Å². The third kappa shape index (κ3) is 3.75. The molecule has 0 aliphatic rings. The van der Waals surface area contributed by atoms with E-state index in [0.29, 0.717) is 13.2 Å². The van der Waals surface area contributed by atoms with Crippen molar-refractivity contribution < 1.29 is 9.47 Å². The van der Waals surface area contributed by atoms with Crippen LogP contribution in [0.5, 0.6) is 0 Å². The van der Waals surface area contributed by atoms with Crippen LogP contribution in [0.4, 0.5) is 0 Å². The third-order valence-electron chi connectivity index (χ3n) is 5.71. The maximum Gasteiger partial charge on any atom is 0.0972 e. The average molecular weight is 421 g/mol. The first-order valence-electron chi connectivity index (χ1n) is 10.6. The maximum absolute atomic E-state index is 5.39. The Hall–Kier alpha value is -3.60. The molecule has 0 atom stereocenters. The lowest BCUT2D eigenvalue weighted by atomic mass is 10.0. The fourth-order valence-corrected chi connectivity index (χ4v) is 4.17. The molecule has 4 heteroatoms. The van der Waals surface area contributed by atoms with Gasteiger partial charge in [-0.1, -0.05) is 72.8 Å². The Labute approximate surface area is 187 Å². The Morgan fingerprint density at radius 3 is 1.38 bits per heavy atom. The molecule has 5 rings (SSSR count). The highest BCUT2D eigenvalue weighted by atomic mass is 16.5. The second-order valence-corrected chi connectivity index (χ2v) is 7.78. The van der Waals surface area contributed by atoms with Gasteiger partial charge < -0.3 is 9.47 Å². The summed E-state index contributed by atoms with van der Waals surface area (Å²) < 4.78 is 10.8. The molecule has 2 heterocycles. The van der Waals surface area contributed by atoms with Gasteiger partial charge in [-0.3, -0.25) is 0 Å². The molecule has 0 bridgehead atoms. The van der Waals surface area contributed by atoms with E-state index in [2.05, 4.69) is 60.7 Å². The van der Waals surface area contributed by atoms with Crippen LogP contribution in [0.2, 0.25) is 0 Å². The number of hydrogen-bond donors (Lipinski definition) is 0. The van der Waals surface area contributed by atoms with Gasteiger partial charge in [0.05, 0.1) is 35.6 Å². The Morgan fingerprint density at radius 1 is 0.531 bits per heavy atom. The van der Waals surface area contributed by atoms with Crippen molar-refractivity contribution in [2.75, 3.05) is 14.2 Å². The minimum atomic E-state index is 0.546. The van der Waals surface area contributed by atoms with Crippen LogP contribution in [0.15, 0.2) is 84.9 Å². The van der Waals surface area contributed by atoms with Crippen molar-refractivity contribution in [3.8, 4) is 22.5 Å². The predicted molar refractivity (Wildman–Crippen MR) is 129 cm³/mol. The molecule has 158 valence electrons. The van der Waals surface area contributed by atoms with Crippen LogP contribution in [0, 0.1) is 0 Å². The number of nitrogens with zero attached hydrogens (tertiary/aromatic N) is 2. The van der Waals surface area contributed by atoms with E-state index in [-0.39, 0.29) is 0 Å². The maximum atomic E-state index is 5.39. The van der Waals surface area contributed by atoms with Gasteiger partial charge in [0.2, 0.25) is 0 Å². The number of hydrogen-bond acceptors (Lipinski definition) is 4. The summed E-state index contributed by atoms with van der Waals surface area (Å²) in [6, 6.07) is 29.1. The van der Waals surface area contributed by atoms with E-state index < -0.39 is 0 Å². The lowest BCUT2D eigenvalue weighted by Gasteiger charge is -2.12. The highest BCUT2D eigenvalue weighted by Gasteiger charge is 2.12. The lowest BCUT2D eigenvalue weighted by Crippen LogP contribution is -1.96. The van der Waals surface area contributed by atoms with Crippen molar-refractivity contribution in [3.05, 3.63) is 96.1 Å². The summed E-state index contributed by atoms with van der Waals surface area (Å²) in [7, 11) is 3.43. The summed E-state index contributed by atoms with van der Waals surface area (Å²) in [6.07, 6.45) is 0. The largest absolute Gasteiger partial charge is 0.380 e. The first-order chi connectivity index (χ1) is 15.8. The molecule has 5 aromatic rings. The second kappa shape index (κ2) is 8.87. The molecule has 0 spiro atoms. The third-order valence-corrected chi connectivity index (χ3v) is 5.71. The van der Waals surface area contributed by atoms with Gasteiger partial charge in [0.1, 0.15) is 0 Å². The van der Waals surface area contributed by atoms with Gasteiger partial charge in [-0.05, 0) is 23.3 Å². The van der Waals surface area contributed by atoms with Crippen LogP contribution < -0.4 is 0 Å². The van der Waals surface area contributed by atoms with E-state index in [1.807, 2.05) is 24.3 Å². The fraction of sp³-hybridized carbons (Fsp3) is 0.143. The topological polar surface area (TPSA) is 44.2 Å². The zero-order valence-electron chi connectivity index (χ0n) is 18.2. The monoisotopic (exact) mass is 420 g/mol. The molecule has 0 N–H and O–H groups in total. The molecule has 0 fully saturated rings. The zero-order chi connectivity index (χ0) is 21.9. The summed E-state index contributed by atoms with van der Waals surface area (Å²) in [5.41, 5.74) is 8.03. The molecule has 0 saturated heterocycles. The van der Waals surface area contributed by atoms with Crippen molar-refractivity contribution in [2.24, 2.45) is 0 Å². The highest BCUT2D eigenvalue weighted by Crippen LogP contribution is 2.31. The van der Waals surface area contributed by atoms with E-state index in [0.717, 1.165) is 55.4 Å². The van der Waals surface area contributed by atoms with Crippen LogP contribution in [-0.2, 0) is 22.7 Å². The number of rotatable bonds is 6. The van der Waals surface area contributed by atoms with E-state index in [1.165, 1.54) is 0 Å². The van der Waals surface area contributed by atoms with E-state index in [9.17, 15) is 0 Å². The molecule has 0 amide bonds.